The van der Waals surface area contributed by atoms with Gasteiger partial charge in [0.1, 0.15) is 5.75 Å². The van der Waals surface area contributed by atoms with Crippen molar-refractivity contribution >= 4 is 5.97 Å². The van der Waals surface area contributed by atoms with E-state index in [-0.39, 0.29) is 0 Å². The van der Waals surface area contributed by atoms with Crippen LogP contribution in [0.3, 0.4) is 0 Å². The molecular formula is C13H18O3. The van der Waals surface area contributed by atoms with Gasteiger partial charge in [0, 0.05) is 0 Å². The molecule has 0 aliphatic carbocycles. The van der Waals surface area contributed by atoms with Crippen LogP contribution >= 0.6 is 0 Å². The number of carboxylic acids is 1. The molecule has 0 spiro atoms. The average Bonchev–Trinajstić information content (AvgIpc) is 2.15. The van der Waals surface area contributed by atoms with Gasteiger partial charge in [0.2, 0.25) is 5.60 Å². The first kappa shape index (κ1) is 12.6. The van der Waals surface area contributed by atoms with Crippen LogP contribution in [0.2, 0.25) is 0 Å². The van der Waals surface area contributed by atoms with Crippen LogP contribution in [0.1, 0.15) is 31.4 Å². The van der Waals surface area contributed by atoms with E-state index < -0.39 is 11.6 Å². The third-order valence-corrected chi connectivity index (χ3v) is 2.67. The molecule has 0 amide bonds. The number of ether oxygens (including phenoxy) is 1. The Balaban J connectivity index is 2.99. The summed E-state index contributed by atoms with van der Waals surface area (Å²) in [7, 11) is 0. The molecule has 3 nitrogen and oxygen atoms in total. The summed E-state index contributed by atoms with van der Waals surface area (Å²) >= 11 is 0. The van der Waals surface area contributed by atoms with Crippen molar-refractivity contribution in [1.29, 1.82) is 0 Å². The molecule has 88 valence electrons. The number of carbonyl (C=O) groups is 1. The molecule has 16 heavy (non-hydrogen) atoms. The summed E-state index contributed by atoms with van der Waals surface area (Å²) in [5, 5.41) is 9.11. The van der Waals surface area contributed by atoms with E-state index in [0.29, 0.717) is 12.2 Å². The third-order valence-electron chi connectivity index (χ3n) is 2.67. The molecule has 0 fully saturated rings. The first-order chi connectivity index (χ1) is 7.37. The molecule has 0 aromatic heterocycles. The fourth-order valence-corrected chi connectivity index (χ4v) is 1.52. The van der Waals surface area contributed by atoms with Crippen LogP contribution < -0.4 is 4.74 Å². The highest BCUT2D eigenvalue weighted by molar-refractivity contribution is 5.77. The smallest absolute Gasteiger partial charge is 0.347 e. The minimum Gasteiger partial charge on any atom is -0.478 e. The lowest BCUT2D eigenvalue weighted by atomic mass is 10.0. The second kappa shape index (κ2) is 4.56. The molecular weight excluding hydrogens is 204 g/mol. The summed E-state index contributed by atoms with van der Waals surface area (Å²) in [5.41, 5.74) is 0.984. The van der Waals surface area contributed by atoms with Crippen LogP contribution in [0.25, 0.3) is 0 Å². The largest absolute Gasteiger partial charge is 0.478 e. The highest BCUT2D eigenvalue weighted by atomic mass is 16.5. The normalized spacial score (nSPS) is 14.2. The summed E-state index contributed by atoms with van der Waals surface area (Å²) in [6, 6.07) is 5.73. The zero-order valence-electron chi connectivity index (χ0n) is 10.2. The van der Waals surface area contributed by atoms with Gasteiger partial charge in [-0.15, -0.1) is 0 Å². The molecule has 3 heteroatoms. The Kier molecular flexibility index (Phi) is 3.58. The summed E-state index contributed by atoms with van der Waals surface area (Å²) in [5.74, 6) is -0.321. The van der Waals surface area contributed by atoms with E-state index in [4.69, 9.17) is 9.84 Å². The molecule has 0 heterocycles. The van der Waals surface area contributed by atoms with Crippen LogP contribution in [-0.2, 0) is 4.79 Å². The minimum absolute atomic E-state index is 0.426. The summed E-state index contributed by atoms with van der Waals surface area (Å²) < 4.78 is 5.57. The van der Waals surface area contributed by atoms with Crippen molar-refractivity contribution < 1.29 is 14.6 Å². The monoisotopic (exact) mass is 222 g/mol. The predicted molar refractivity (Wildman–Crippen MR) is 62.9 cm³/mol. The predicted octanol–water partition coefficient (Wildman–Crippen LogP) is 2.94. The van der Waals surface area contributed by atoms with Crippen molar-refractivity contribution in [3.05, 3.63) is 29.3 Å². The van der Waals surface area contributed by atoms with E-state index in [0.717, 1.165) is 11.1 Å². The molecule has 0 saturated heterocycles. The maximum atomic E-state index is 11.1. The number of rotatable bonds is 4. The number of hydrogen-bond donors (Lipinski definition) is 1. The first-order valence-electron chi connectivity index (χ1n) is 5.38. The molecule has 1 rings (SSSR count). The molecule has 0 bridgehead atoms. The molecule has 1 unspecified atom stereocenters. The van der Waals surface area contributed by atoms with Crippen molar-refractivity contribution in [2.45, 2.75) is 39.7 Å². The number of aryl methyl sites for hydroxylation is 2. The van der Waals surface area contributed by atoms with Gasteiger partial charge < -0.3 is 9.84 Å². The zero-order chi connectivity index (χ0) is 12.3. The molecule has 0 radical (unpaired) electrons. The second-order valence-corrected chi connectivity index (χ2v) is 4.32. The Morgan fingerprint density at radius 1 is 1.31 bits per heavy atom. The number of hydrogen-bond acceptors (Lipinski definition) is 2. The summed E-state index contributed by atoms with van der Waals surface area (Å²) in [4.78, 5) is 11.1. The van der Waals surface area contributed by atoms with E-state index >= 15 is 0 Å². The Hall–Kier alpha value is -1.51. The Morgan fingerprint density at radius 3 is 2.19 bits per heavy atom. The highest BCUT2D eigenvalue weighted by Crippen LogP contribution is 2.23. The SMILES string of the molecule is CCC(C)(Oc1cc(C)cc(C)c1)C(=O)O. The fourth-order valence-electron chi connectivity index (χ4n) is 1.52. The molecule has 1 N–H and O–H groups in total. The molecule has 0 saturated carbocycles. The number of carboxylic acid groups (broad SMARTS) is 1. The van der Waals surface area contributed by atoms with E-state index in [9.17, 15) is 4.79 Å². The molecule has 1 aromatic rings. The van der Waals surface area contributed by atoms with Crippen molar-refractivity contribution in [2.75, 3.05) is 0 Å². The summed E-state index contributed by atoms with van der Waals surface area (Å²) in [6.07, 6.45) is 0.426. The van der Waals surface area contributed by atoms with Gasteiger partial charge in [-0.25, -0.2) is 4.79 Å². The van der Waals surface area contributed by atoms with E-state index in [2.05, 4.69) is 0 Å². The van der Waals surface area contributed by atoms with E-state index in [1.54, 1.807) is 13.8 Å². The Labute approximate surface area is 96.1 Å². The second-order valence-electron chi connectivity index (χ2n) is 4.32. The standard InChI is InChI=1S/C13H18O3/c1-5-13(4,12(14)15)16-11-7-9(2)6-10(3)8-11/h6-8H,5H2,1-4H3,(H,14,15). The van der Waals surface area contributed by atoms with Gasteiger partial charge in [-0.3, -0.25) is 0 Å². The number of benzene rings is 1. The van der Waals surface area contributed by atoms with Gasteiger partial charge in [-0.1, -0.05) is 13.0 Å². The van der Waals surface area contributed by atoms with Gasteiger partial charge in [-0.2, -0.15) is 0 Å². The van der Waals surface area contributed by atoms with Crippen LogP contribution in [0.15, 0.2) is 18.2 Å². The van der Waals surface area contributed by atoms with Crippen LogP contribution in [0, 0.1) is 13.8 Å². The average molecular weight is 222 g/mol. The Bertz CT molecular complexity index is 378. The lowest BCUT2D eigenvalue weighted by Crippen LogP contribution is -2.40. The van der Waals surface area contributed by atoms with Crippen LogP contribution in [0.5, 0.6) is 5.75 Å². The molecule has 0 aliphatic heterocycles. The third kappa shape index (κ3) is 2.75. The van der Waals surface area contributed by atoms with Gasteiger partial charge in [0.15, 0.2) is 0 Å². The molecule has 1 aromatic carbocycles. The lowest BCUT2D eigenvalue weighted by Gasteiger charge is -2.25. The molecule has 0 aliphatic rings. The zero-order valence-corrected chi connectivity index (χ0v) is 10.2. The van der Waals surface area contributed by atoms with Crippen LogP contribution in [0.4, 0.5) is 0 Å². The van der Waals surface area contributed by atoms with Crippen molar-refractivity contribution in [2.24, 2.45) is 0 Å². The quantitative estimate of drug-likeness (QED) is 0.852. The topological polar surface area (TPSA) is 46.5 Å². The van der Waals surface area contributed by atoms with Gasteiger partial charge in [-0.05, 0) is 50.5 Å². The first-order valence-corrected chi connectivity index (χ1v) is 5.38. The van der Waals surface area contributed by atoms with Gasteiger partial charge in [0.05, 0.1) is 0 Å². The maximum absolute atomic E-state index is 11.1. The van der Waals surface area contributed by atoms with Crippen LogP contribution in [-0.4, -0.2) is 16.7 Å². The lowest BCUT2D eigenvalue weighted by molar-refractivity contribution is -0.154. The minimum atomic E-state index is -1.15. The highest BCUT2D eigenvalue weighted by Gasteiger charge is 2.33. The van der Waals surface area contributed by atoms with Gasteiger partial charge >= 0.3 is 5.97 Å². The van der Waals surface area contributed by atoms with Crippen molar-refractivity contribution in [1.82, 2.24) is 0 Å². The fraction of sp³-hybridized carbons (Fsp3) is 0.462. The number of aliphatic carboxylic acids is 1. The van der Waals surface area contributed by atoms with E-state index in [1.807, 2.05) is 32.0 Å². The van der Waals surface area contributed by atoms with Gasteiger partial charge in [0.25, 0.3) is 0 Å². The summed E-state index contributed by atoms with van der Waals surface area (Å²) in [6.45, 7) is 7.32. The Morgan fingerprint density at radius 2 is 1.81 bits per heavy atom. The maximum Gasteiger partial charge on any atom is 0.347 e. The van der Waals surface area contributed by atoms with Crippen molar-refractivity contribution in [3.63, 3.8) is 0 Å². The van der Waals surface area contributed by atoms with Crippen molar-refractivity contribution in [3.8, 4) is 5.75 Å². The molecule has 1 atom stereocenters. The van der Waals surface area contributed by atoms with E-state index in [1.165, 1.54) is 0 Å².